The van der Waals surface area contributed by atoms with E-state index in [0.29, 0.717) is 11.5 Å². The molecule has 0 aliphatic heterocycles. The number of aryl methyl sites for hydroxylation is 2. The lowest BCUT2D eigenvalue weighted by Gasteiger charge is -2.11. The molecule has 9 heteroatoms. The van der Waals surface area contributed by atoms with Crippen LogP contribution in [0.3, 0.4) is 0 Å². The van der Waals surface area contributed by atoms with Gasteiger partial charge in [-0.1, -0.05) is 24.8 Å². The number of allylic oxidation sites excluding steroid dienone is 3. The molecule has 174 valence electrons. The van der Waals surface area contributed by atoms with Crippen LogP contribution in [-0.2, 0) is 13.6 Å². The van der Waals surface area contributed by atoms with Crippen LogP contribution in [0.1, 0.15) is 24.7 Å². The highest BCUT2D eigenvalue weighted by atomic mass is 15.3. The quantitative estimate of drug-likeness (QED) is 0.322. The van der Waals surface area contributed by atoms with E-state index in [2.05, 4.69) is 38.5 Å². The molecule has 0 saturated carbocycles. The maximum absolute atomic E-state index is 8.87. The molecule has 0 amide bonds. The van der Waals surface area contributed by atoms with Crippen molar-refractivity contribution in [1.29, 1.82) is 5.26 Å². The number of nitrogens with one attached hydrogen (secondary N) is 2. The van der Waals surface area contributed by atoms with Gasteiger partial charge >= 0.3 is 0 Å². The molecule has 3 rings (SSSR count). The Kier molecular flexibility index (Phi) is 10.4. The van der Waals surface area contributed by atoms with Crippen LogP contribution in [0, 0.1) is 18.3 Å². The fourth-order valence-electron chi connectivity index (χ4n) is 3.02. The van der Waals surface area contributed by atoms with Gasteiger partial charge in [0.05, 0.1) is 18.4 Å². The summed E-state index contributed by atoms with van der Waals surface area (Å²) in [6, 6.07) is 5.86. The predicted octanol–water partition coefficient (Wildman–Crippen LogP) is 3.28. The molecule has 0 unspecified atom stereocenters. The van der Waals surface area contributed by atoms with Gasteiger partial charge in [0.25, 0.3) is 0 Å². The van der Waals surface area contributed by atoms with Crippen LogP contribution >= 0.6 is 0 Å². The van der Waals surface area contributed by atoms with Crippen molar-refractivity contribution >= 4 is 11.5 Å². The van der Waals surface area contributed by atoms with E-state index in [1.807, 2.05) is 56.2 Å². The molecule has 0 bridgehead atoms. The monoisotopic (exact) mass is 447 g/mol. The lowest BCUT2D eigenvalue weighted by molar-refractivity contribution is 0.541. The average molecular weight is 448 g/mol. The average Bonchev–Trinajstić information content (AvgIpc) is 3.40. The summed E-state index contributed by atoms with van der Waals surface area (Å²) < 4.78 is 3.61. The Morgan fingerprint density at radius 2 is 2.03 bits per heavy atom. The summed E-state index contributed by atoms with van der Waals surface area (Å²) in [5.41, 5.74) is 10.3. The van der Waals surface area contributed by atoms with Crippen LogP contribution in [0.25, 0.3) is 11.1 Å². The largest absolute Gasteiger partial charge is 0.382 e. The smallest absolute Gasteiger partial charge is 0.162 e. The molecule has 0 fully saturated rings. The van der Waals surface area contributed by atoms with Gasteiger partial charge in [-0.15, -0.1) is 0 Å². The van der Waals surface area contributed by atoms with E-state index in [1.54, 1.807) is 23.0 Å². The molecule has 0 aliphatic carbocycles. The van der Waals surface area contributed by atoms with Crippen LogP contribution in [0.2, 0.25) is 0 Å². The van der Waals surface area contributed by atoms with Gasteiger partial charge in [-0.2, -0.15) is 15.5 Å². The zero-order valence-electron chi connectivity index (χ0n) is 19.6. The molecule has 0 saturated heterocycles. The summed E-state index contributed by atoms with van der Waals surface area (Å²) in [5.74, 6) is 0.489. The third-order valence-electron chi connectivity index (χ3n) is 4.73. The molecule has 0 radical (unpaired) electrons. The number of nitrogens with zero attached hydrogens (tertiary/aromatic N) is 6. The normalized spacial score (nSPS) is 10.5. The molecule has 0 aromatic carbocycles. The van der Waals surface area contributed by atoms with E-state index in [1.165, 1.54) is 0 Å². The highest BCUT2D eigenvalue weighted by Crippen LogP contribution is 2.24. The van der Waals surface area contributed by atoms with E-state index in [4.69, 9.17) is 11.0 Å². The minimum absolute atomic E-state index is 0.460. The lowest BCUT2D eigenvalue weighted by atomic mass is 10.1. The van der Waals surface area contributed by atoms with Crippen molar-refractivity contribution in [3.8, 4) is 17.2 Å². The van der Waals surface area contributed by atoms with Gasteiger partial charge in [-0.05, 0) is 38.9 Å². The number of nitrogen functional groups attached to an aromatic ring is 1. The lowest BCUT2D eigenvalue weighted by Crippen LogP contribution is -2.23. The number of anilines is 2. The Morgan fingerprint density at radius 3 is 2.64 bits per heavy atom. The fourth-order valence-corrected chi connectivity index (χ4v) is 3.02. The molecule has 3 aromatic heterocycles. The first kappa shape index (κ1) is 25.4. The van der Waals surface area contributed by atoms with Gasteiger partial charge < -0.3 is 16.4 Å². The van der Waals surface area contributed by atoms with Crippen LogP contribution in [0.15, 0.2) is 55.5 Å². The van der Waals surface area contributed by atoms with Gasteiger partial charge in [0, 0.05) is 49.4 Å². The molecule has 3 heterocycles. The highest BCUT2D eigenvalue weighted by Gasteiger charge is 2.06. The van der Waals surface area contributed by atoms with Crippen LogP contribution < -0.4 is 16.4 Å². The number of pyridine rings is 1. The predicted molar refractivity (Wildman–Crippen MR) is 134 cm³/mol. The summed E-state index contributed by atoms with van der Waals surface area (Å²) in [7, 11) is 1.89. The molecule has 9 nitrogen and oxygen atoms in total. The summed E-state index contributed by atoms with van der Waals surface area (Å²) in [5, 5.41) is 24.0. The SMILES string of the molecule is C=C/C=C\C.Cc1cc(C#N)nn1CCNCCCNc1cc(-c2cnn(C)c2)cnc1N. The van der Waals surface area contributed by atoms with E-state index in [-0.39, 0.29) is 0 Å². The summed E-state index contributed by atoms with van der Waals surface area (Å²) >= 11 is 0. The molecule has 33 heavy (non-hydrogen) atoms. The van der Waals surface area contributed by atoms with Crippen LogP contribution in [-0.4, -0.2) is 44.2 Å². The van der Waals surface area contributed by atoms with Gasteiger partial charge in [0.2, 0.25) is 0 Å². The van der Waals surface area contributed by atoms with Crippen molar-refractivity contribution in [1.82, 2.24) is 29.9 Å². The molecule has 0 atom stereocenters. The van der Waals surface area contributed by atoms with Crippen LogP contribution in [0.5, 0.6) is 0 Å². The minimum atomic E-state index is 0.460. The Morgan fingerprint density at radius 1 is 1.21 bits per heavy atom. The Bertz CT molecular complexity index is 1090. The maximum Gasteiger partial charge on any atom is 0.162 e. The highest BCUT2D eigenvalue weighted by molar-refractivity contribution is 5.72. The van der Waals surface area contributed by atoms with Crippen molar-refractivity contribution in [2.45, 2.75) is 26.8 Å². The molecular formula is C24H33N9. The molecular weight excluding hydrogens is 414 g/mol. The standard InChI is InChI=1S/C19H25N9.C5H8/c1-14-8-17(10-20)26-28(14)7-6-22-4-3-5-23-18-9-15(11-24-19(18)21)16-12-25-27(2)13-16;1-3-5-4-2/h8-9,11-13,22-23H,3-7H2,1-2H3,(H2,21,24);3-5H,1H2,2H3/b;5-4-. The number of hydrogen-bond acceptors (Lipinski definition) is 7. The van der Waals surface area contributed by atoms with Gasteiger partial charge in [0.1, 0.15) is 11.9 Å². The Hall–Kier alpha value is -3.90. The number of hydrogen-bond donors (Lipinski definition) is 3. The summed E-state index contributed by atoms with van der Waals surface area (Å²) in [6.07, 6.45) is 12.0. The number of aromatic nitrogens is 5. The van der Waals surface area contributed by atoms with Crippen molar-refractivity contribution in [3.05, 3.63) is 66.9 Å². The van der Waals surface area contributed by atoms with Crippen LogP contribution in [0.4, 0.5) is 11.5 Å². The molecule has 4 N–H and O–H groups in total. The molecule has 0 aliphatic rings. The first-order chi connectivity index (χ1) is 16.0. The number of rotatable bonds is 10. The van der Waals surface area contributed by atoms with Crippen molar-refractivity contribution < 1.29 is 0 Å². The molecule has 3 aromatic rings. The van der Waals surface area contributed by atoms with Gasteiger partial charge in [0.15, 0.2) is 5.69 Å². The van der Waals surface area contributed by atoms with E-state index < -0.39 is 0 Å². The second-order valence-electron chi connectivity index (χ2n) is 7.36. The number of nitriles is 1. The summed E-state index contributed by atoms with van der Waals surface area (Å²) in [6.45, 7) is 10.6. The topological polar surface area (TPSA) is 122 Å². The minimum Gasteiger partial charge on any atom is -0.382 e. The van der Waals surface area contributed by atoms with E-state index >= 15 is 0 Å². The third-order valence-corrected chi connectivity index (χ3v) is 4.73. The van der Waals surface area contributed by atoms with Crippen molar-refractivity contribution in [3.63, 3.8) is 0 Å². The Balaban J connectivity index is 0.000000696. The fraction of sp³-hybridized carbons (Fsp3) is 0.333. The van der Waals surface area contributed by atoms with Gasteiger partial charge in [-0.3, -0.25) is 9.36 Å². The second-order valence-corrected chi connectivity index (χ2v) is 7.36. The van der Waals surface area contributed by atoms with Crippen molar-refractivity contribution in [2.24, 2.45) is 7.05 Å². The van der Waals surface area contributed by atoms with E-state index in [9.17, 15) is 0 Å². The summed E-state index contributed by atoms with van der Waals surface area (Å²) in [4.78, 5) is 4.27. The number of nitrogens with two attached hydrogens (primary N) is 1. The first-order valence-corrected chi connectivity index (χ1v) is 10.9. The zero-order chi connectivity index (χ0) is 24.1. The molecule has 0 spiro atoms. The second kappa shape index (κ2) is 13.5. The first-order valence-electron chi connectivity index (χ1n) is 10.9. The van der Waals surface area contributed by atoms with Crippen molar-refractivity contribution in [2.75, 3.05) is 30.7 Å². The zero-order valence-corrected chi connectivity index (χ0v) is 19.6. The Labute approximate surface area is 195 Å². The third kappa shape index (κ3) is 8.27. The van der Waals surface area contributed by atoms with Gasteiger partial charge in [-0.25, -0.2) is 4.98 Å². The van der Waals surface area contributed by atoms with E-state index in [0.717, 1.165) is 55.1 Å². The maximum atomic E-state index is 8.87.